The van der Waals surface area contributed by atoms with Crippen molar-refractivity contribution in [3.8, 4) is 0 Å². The Kier molecular flexibility index (Phi) is 5.95. The molecule has 130 valence electrons. The SMILES string of the molecule is COC(=O)c1c(C)oc(C)c1S(=O)(=O)NC(CC(C)C)C(=O)O. The molecule has 0 spiro atoms. The van der Waals surface area contributed by atoms with Gasteiger partial charge in [-0.2, -0.15) is 4.72 Å². The molecule has 0 aliphatic heterocycles. The van der Waals surface area contributed by atoms with Gasteiger partial charge < -0.3 is 14.3 Å². The molecule has 0 saturated heterocycles. The zero-order valence-corrected chi connectivity index (χ0v) is 14.5. The molecule has 0 aliphatic carbocycles. The van der Waals surface area contributed by atoms with E-state index in [1.54, 1.807) is 13.8 Å². The second kappa shape index (κ2) is 7.14. The Balaban J connectivity index is 3.33. The number of methoxy groups -OCH3 is 1. The number of aliphatic carboxylic acids is 1. The minimum absolute atomic E-state index is 0.0101. The second-order valence-corrected chi connectivity index (χ2v) is 7.20. The van der Waals surface area contributed by atoms with E-state index >= 15 is 0 Å². The third-order valence-electron chi connectivity index (χ3n) is 3.17. The molecule has 0 fully saturated rings. The summed E-state index contributed by atoms with van der Waals surface area (Å²) < 4.78 is 37.0. The van der Waals surface area contributed by atoms with Crippen molar-refractivity contribution < 1.29 is 32.3 Å². The van der Waals surface area contributed by atoms with Gasteiger partial charge in [-0.1, -0.05) is 13.8 Å². The van der Waals surface area contributed by atoms with Crippen LogP contribution in [0.3, 0.4) is 0 Å². The third-order valence-corrected chi connectivity index (χ3v) is 4.79. The van der Waals surface area contributed by atoms with Crippen molar-refractivity contribution in [2.75, 3.05) is 7.11 Å². The highest BCUT2D eigenvalue weighted by Crippen LogP contribution is 2.27. The number of carbonyl (C=O) groups is 2. The van der Waals surface area contributed by atoms with Crippen LogP contribution in [0.1, 0.15) is 42.1 Å². The molecule has 0 radical (unpaired) electrons. The Bertz CT molecular complexity index is 703. The fourth-order valence-electron chi connectivity index (χ4n) is 2.24. The second-order valence-electron chi connectivity index (χ2n) is 5.55. The van der Waals surface area contributed by atoms with Crippen LogP contribution in [-0.4, -0.2) is 38.6 Å². The van der Waals surface area contributed by atoms with E-state index in [9.17, 15) is 23.1 Å². The molecular formula is C14H21NO7S. The van der Waals surface area contributed by atoms with Crippen LogP contribution in [0.5, 0.6) is 0 Å². The van der Waals surface area contributed by atoms with Gasteiger partial charge in [0.2, 0.25) is 10.0 Å². The van der Waals surface area contributed by atoms with Crippen LogP contribution in [0, 0.1) is 19.8 Å². The van der Waals surface area contributed by atoms with Crippen molar-refractivity contribution in [2.45, 2.75) is 45.1 Å². The van der Waals surface area contributed by atoms with Crippen LogP contribution in [0.15, 0.2) is 9.31 Å². The molecular weight excluding hydrogens is 326 g/mol. The summed E-state index contributed by atoms with van der Waals surface area (Å²) in [5.41, 5.74) is -0.230. The number of nitrogens with one attached hydrogen (secondary N) is 1. The molecule has 0 saturated carbocycles. The van der Waals surface area contributed by atoms with Gasteiger partial charge in [0.25, 0.3) is 0 Å². The van der Waals surface area contributed by atoms with Crippen LogP contribution in [0.25, 0.3) is 0 Å². The number of rotatable bonds is 7. The number of furan rings is 1. The van der Waals surface area contributed by atoms with Crippen molar-refractivity contribution in [3.05, 3.63) is 17.1 Å². The smallest absolute Gasteiger partial charge is 0.342 e. The lowest BCUT2D eigenvalue weighted by Crippen LogP contribution is -2.42. The van der Waals surface area contributed by atoms with E-state index in [4.69, 9.17) is 4.42 Å². The summed E-state index contributed by atoms with van der Waals surface area (Å²) in [5.74, 6) is -2.11. The third kappa shape index (κ3) is 4.32. The van der Waals surface area contributed by atoms with Crippen LogP contribution < -0.4 is 4.72 Å². The number of esters is 1. The van der Waals surface area contributed by atoms with E-state index in [0.717, 1.165) is 7.11 Å². The van der Waals surface area contributed by atoms with Gasteiger partial charge in [0.05, 0.1) is 7.11 Å². The molecule has 1 aromatic rings. The largest absolute Gasteiger partial charge is 0.480 e. The monoisotopic (exact) mass is 347 g/mol. The zero-order valence-electron chi connectivity index (χ0n) is 13.7. The maximum atomic E-state index is 12.6. The van der Waals surface area contributed by atoms with Gasteiger partial charge in [-0.15, -0.1) is 0 Å². The molecule has 23 heavy (non-hydrogen) atoms. The van der Waals surface area contributed by atoms with Crippen LogP contribution in [0.4, 0.5) is 0 Å². The minimum Gasteiger partial charge on any atom is -0.480 e. The fourth-order valence-corrected chi connectivity index (χ4v) is 3.85. The fraction of sp³-hybridized carbons (Fsp3) is 0.571. The van der Waals surface area contributed by atoms with Crippen molar-refractivity contribution in [1.82, 2.24) is 4.72 Å². The van der Waals surface area contributed by atoms with E-state index in [0.29, 0.717) is 0 Å². The van der Waals surface area contributed by atoms with E-state index in [1.165, 1.54) is 13.8 Å². The highest BCUT2D eigenvalue weighted by Gasteiger charge is 2.34. The van der Waals surface area contributed by atoms with Crippen molar-refractivity contribution in [1.29, 1.82) is 0 Å². The Labute approximate surface area is 134 Å². The molecule has 1 heterocycles. The van der Waals surface area contributed by atoms with E-state index < -0.39 is 32.9 Å². The van der Waals surface area contributed by atoms with E-state index in [1.807, 2.05) is 0 Å². The molecule has 8 nitrogen and oxygen atoms in total. The topological polar surface area (TPSA) is 123 Å². The average molecular weight is 347 g/mol. The Hall–Kier alpha value is -1.87. The Morgan fingerprint density at radius 3 is 2.26 bits per heavy atom. The van der Waals surface area contributed by atoms with Crippen LogP contribution in [-0.2, 0) is 19.6 Å². The molecule has 1 unspecified atom stereocenters. The maximum absolute atomic E-state index is 12.6. The lowest BCUT2D eigenvalue weighted by molar-refractivity contribution is -0.139. The highest BCUT2D eigenvalue weighted by molar-refractivity contribution is 7.89. The number of hydrogen-bond donors (Lipinski definition) is 2. The first-order chi connectivity index (χ1) is 10.5. The van der Waals surface area contributed by atoms with Crippen molar-refractivity contribution in [3.63, 3.8) is 0 Å². The quantitative estimate of drug-likeness (QED) is 0.716. The number of hydrogen-bond acceptors (Lipinski definition) is 6. The van der Waals surface area contributed by atoms with E-state index in [2.05, 4.69) is 9.46 Å². The molecule has 0 aliphatic rings. The highest BCUT2D eigenvalue weighted by atomic mass is 32.2. The molecule has 9 heteroatoms. The standard InChI is InChI=1S/C14H21NO7S/c1-7(2)6-10(13(16)17)15-23(19,20)12-9(4)22-8(3)11(12)14(18)21-5/h7,10,15H,6H2,1-5H3,(H,16,17). The number of aryl methyl sites for hydroxylation is 2. The molecule has 1 rings (SSSR count). The van der Waals surface area contributed by atoms with Gasteiger partial charge in [0.15, 0.2) is 0 Å². The summed E-state index contributed by atoms with van der Waals surface area (Å²) in [6.45, 7) is 6.36. The Morgan fingerprint density at radius 1 is 1.26 bits per heavy atom. The van der Waals surface area contributed by atoms with Gasteiger partial charge in [-0.05, 0) is 26.2 Å². The van der Waals surface area contributed by atoms with Crippen LogP contribution in [0.2, 0.25) is 0 Å². The molecule has 1 atom stereocenters. The summed E-state index contributed by atoms with van der Waals surface area (Å²) in [7, 11) is -3.15. The number of carboxylic acid groups (broad SMARTS) is 1. The number of sulfonamides is 1. The molecule has 0 aromatic carbocycles. The summed E-state index contributed by atoms with van der Waals surface area (Å²) in [6, 6.07) is -1.31. The van der Waals surface area contributed by atoms with Gasteiger partial charge in [0.1, 0.15) is 28.0 Å². The van der Waals surface area contributed by atoms with Crippen molar-refractivity contribution >= 4 is 22.0 Å². The van der Waals surface area contributed by atoms with E-state index in [-0.39, 0.29) is 29.4 Å². The van der Waals surface area contributed by atoms with Crippen LogP contribution >= 0.6 is 0 Å². The summed E-state index contributed by atoms with van der Waals surface area (Å²) in [5, 5.41) is 9.19. The van der Waals surface area contributed by atoms with Gasteiger partial charge >= 0.3 is 11.9 Å². The summed E-state index contributed by atoms with van der Waals surface area (Å²) >= 11 is 0. The predicted molar refractivity (Wildman–Crippen MR) is 80.7 cm³/mol. The summed E-state index contributed by atoms with van der Waals surface area (Å²) in [4.78, 5) is 22.7. The first-order valence-corrected chi connectivity index (χ1v) is 8.43. The number of carbonyl (C=O) groups excluding carboxylic acids is 1. The Morgan fingerprint density at radius 2 is 1.83 bits per heavy atom. The first-order valence-electron chi connectivity index (χ1n) is 6.94. The van der Waals surface area contributed by atoms with Gasteiger partial charge in [-0.3, -0.25) is 4.79 Å². The number of ether oxygens (including phenoxy) is 1. The maximum Gasteiger partial charge on any atom is 0.342 e. The molecule has 2 N–H and O–H groups in total. The first kappa shape index (κ1) is 19.2. The summed E-state index contributed by atoms with van der Waals surface area (Å²) in [6.07, 6.45) is 0.109. The normalized spacial score (nSPS) is 13.1. The number of carboxylic acids is 1. The molecule has 0 bridgehead atoms. The molecule has 1 aromatic heterocycles. The average Bonchev–Trinajstić information content (AvgIpc) is 2.71. The molecule has 0 amide bonds. The lowest BCUT2D eigenvalue weighted by atomic mass is 10.1. The minimum atomic E-state index is -4.27. The van der Waals surface area contributed by atoms with Gasteiger partial charge in [0, 0.05) is 0 Å². The lowest BCUT2D eigenvalue weighted by Gasteiger charge is -2.16. The van der Waals surface area contributed by atoms with Gasteiger partial charge in [-0.25, -0.2) is 13.2 Å². The zero-order chi connectivity index (χ0) is 17.9. The predicted octanol–water partition coefficient (Wildman–Crippen LogP) is 1.46. The van der Waals surface area contributed by atoms with Crippen molar-refractivity contribution in [2.24, 2.45) is 5.92 Å².